The first-order valence-corrected chi connectivity index (χ1v) is 9.32. The van der Waals surface area contributed by atoms with E-state index in [1.54, 1.807) is 23.1 Å². The van der Waals surface area contributed by atoms with Gasteiger partial charge in [0.25, 0.3) is 0 Å². The topological polar surface area (TPSA) is 75.6 Å². The number of carbonyl (C=O) groups is 2. The van der Waals surface area contributed by atoms with Gasteiger partial charge >= 0.3 is 5.97 Å². The van der Waals surface area contributed by atoms with Gasteiger partial charge in [-0.25, -0.2) is 0 Å². The quantitative estimate of drug-likeness (QED) is 0.877. The monoisotopic (exact) mass is 341 g/mol. The molecule has 2 aliphatic rings. The van der Waals surface area contributed by atoms with Crippen LogP contribution in [0.25, 0.3) is 0 Å². The first-order valence-electron chi connectivity index (χ1n) is 7.39. The fourth-order valence-electron chi connectivity index (χ4n) is 2.94. The van der Waals surface area contributed by atoms with E-state index in [9.17, 15) is 14.7 Å². The number of hydrogen-bond donors (Lipinski definition) is 2. The van der Waals surface area contributed by atoms with Crippen LogP contribution >= 0.6 is 23.1 Å². The number of aryl methyl sites for hydroxylation is 1. The number of fused-ring (bicyclic) bond motifs is 1. The van der Waals surface area contributed by atoms with E-state index in [0.29, 0.717) is 26.1 Å². The molecule has 0 aliphatic carbocycles. The van der Waals surface area contributed by atoms with Crippen molar-refractivity contribution in [1.29, 1.82) is 0 Å². The van der Waals surface area contributed by atoms with Crippen molar-refractivity contribution in [3.05, 3.63) is 21.9 Å². The van der Waals surface area contributed by atoms with E-state index < -0.39 is 11.4 Å². The molecule has 22 heavy (non-hydrogen) atoms. The Bertz CT molecular complexity index is 566. The Morgan fingerprint density at radius 2 is 2.18 bits per heavy atom. The maximum atomic E-state index is 12.5. The normalized spacial score (nSPS) is 23.5. The summed E-state index contributed by atoms with van der Waals surface area (Å²) in [4.78, 5) is 25.4. The second-order valence-corrected chi connectivity index (χ2v) is 7.93. The zero-order valence-corrected chi connectivity index (χ0v) is 13.8. The Balaban J connectivity index is 1.66. The predicted octanol–water partition coefficient (Wildman–Crippen LogP) is 2.08. The van der Waals surface area contributed by atoms with Crippen LogP contribution in [0.5, 0.6) is 0 Å². The molecule has 1 fully saturated rings. The van der Waals surface area contributed by atoms with Crippen LogP contribution < -0.4 is 5.32 Å². The summed E-state index contributed by atoms with van der Waals surface area (Å²) in [6.45, 7) is 1.06. The fourth-order valence-corrected chi connectivity index (χ4v) is 5.26. The zero-order chi connectivity index (χ0) is 15.6. The number of carboxylic acids is 1. The third kappa shape index (κ3) is 3.02. The second-order valence-electron chi connectivity index (χ2n) is 5.72. The standard InChI is InChI=1S/C15H19NO4S2/c17-13(12-10-1-7-21-11(10)2-8-22-12)16-9-15(14(18)19)3-5-20-6-4-15/h1,7,12H,2-6,8-9H2,(H,16,17)(H,18,19). The number of nitrogens with one attached hydrogen (secondary N) is 1. The van der Waals surface area contributed by atoms with Crippen LogP contribution in [0, 0.1) is 5.41 Å². The van der Waals surface area contributed by atoms with E-state index in [1.165, 1.54) is 4.88 Å². The summed E-state index contributed by atoms with van der Waals surface area (Å²) < 4.78 is 5.26. The Morgan fingerprint density at radius 1 is 1.41 bits per heavy atom. The molecule has 0 spiro atoms. The van der Waals surface area contributed by atoms with Crippen molar-refractivity contribution in [2.45, 2.75) is 24.5 Å². The van der Waals surface area contributed by atoms with E-state index in [-0.39, 0.29) is 17.7 Å². The first kappa shape index (κ1) is 15.8. The van der Waals surface area contributed by atoms with Crippen molar-refractivity contribution in [1.82, 2.24) is 5.32 Å². The predicted molar refractivity (Wildman–Crippen MR) is 86.4 cm³/mol. The number of hydrogen-bond acceptors (Lipinski definition) is 5. The van der Waals surface area contributed by atoms with Gasteiger partial charge in [0.1, 0.15) is 5.25 Å². The zero-order valence-electron chi connectivity index (χ0n) is 12.2. The molecular weight excluding hydrogens is 322 g/mol. The molecule has 1 unspecified atom stereocenters. The van der Waals surface area contributed by atoms with Crippen molar-refractivity contribution in [3.8, 4) is 0 Å². The third-order valence-corrected chi connectivity index (χ3v) is 6.66. The molecule has 1 amide bonds. The molecule has 1 atom stereocenters. The fraction of sp³-hybridized carbons (Fsp3) is 0.600. The highest BCUT2D eigenvalue weighted by Gasteiger charge is 2.41. The molecule has 7 heteroatoms. The molecule has 2 aliphatic heterocycles. The summed E-state index contributed by atoms with van der Waals surface area (Å²) in [5.41, 5.74) is 0.208. The third-order valence-electron chi connectivity index (χ3n) is 4.42. The summed E-state index contributed by atoms with van der Waals surface area (Å²) in [6, 6.07) is 2.01. The van der Waals surface area contributed by atoms with E-state index in [1.807, 2.05) is 11.4 Å². The molecule has 120 valence electrons. The highest BCUT2D eigenvalue weighted by Crippen LogP contribution is 2.39. The number of rotatable bonds is 4. The molecule has 1 aromatic rings. The van der Waals surface area contributed by atoms with Crippen LogP contribution in [-0.4, -0.2) is 42.5 Å². The molecule has 3 rings (SSSR count). The number of thioether (sulfide) groups is 1. The molecule has 3 heterocycles. The van der Waals surface area contributed by atoms with Crippen LogP contribution in [0.3, 0.4) is 0 Å². The molecule has 5 nitrogen and oxygen atoms in total. The Hall–Kier alpha value is -1.05. The van der Waals surface area contributed by atoms with Crippen LogP contribution in [-0.2, 0) is 20.7 Å². The van der Waals surface area contributed by atoms with Gasteiger partial charge in [-0.1, -0.05) is 0 Å². The van der Waals surface area contributed by atoms with Crippen molar-refractivity contribution in [2.75, 3.05) is 25.5 Å². The van der Waals surface area contributed by atoms with Gasteiger partial charge in [0.05, 0.1) is 5.41 Å². The molecule has 2 N–H and O–H groups in total. The molecule has 0 bridgehead atoms. The van der Waals surface area contributed by atoms with Crippen LogP contribution in [0.4, 0.5) is 0 Å². The summed E-state index contributed by atoms with van der Waals surface area (Å²) in [6.07, 6.45) is 1.91. The van der Waals surface area contributed by atoms with Gasteiger partial charge in [-0.3, -0.25) is 9.59 Å². The first-order chi connectivity index (χ1) is 10.6. The van der Waals surface area contributed by atoms with Crippen molar-refractivity contribution >= 4 is 35.0 Å². The van der Waals surface area contributed by atoms with E-state index in [2.05, 4.69) is 5.32 Å². The highest BCUT2D eigenvalue weighted by molar-refractivity contribution is 8.00. The van der Waals surface area contributed by atoms with Crippen LogP contribution in [0.1, 0.15) is 28.5 Å². The van der Waals surface area contributed by atoms with E-state index >= 15 is 0 Å². The average Bonchev–Trinajstić information content (AvgIpc) is 3.02. The number of amides is 1. The number of carboxylic acid groups (broad SMARTS) is 1. The number of carbonyl (C=O) groups excluding carboxylic acids is 1. The number of aliphatic carboxylic acids is 1. The summed E-state index contributed by atoms with van der Waals surface area (Å²) in [5, 5.41) is 14.2. The lowest BCUT2D eigenvalue weighted by Gasteiger charge is -2.33. The van der Waals surface area contributed by atoms with Gasteiger partial charge in [-0.05, 0) is 42.0 Å². The van der Waals surface area contributed by atoms with Crippen molar-refractivity contribution in [3.63, 3.8) is 0 Å². The van der Waals surface area contributed by atoms with Gasteiger partial charge in [-0.15, -0.1) is 23.1 Å². The van der Waals surface area contributed by atoms with Gasteiger partial charge in [0.15, 0.2) is 0 Å². The smallest absolute Gasteiger partial charge is 0.311 e. The lowest BCUT2D eigenvalue weighted by atomic mass is 9.80. The van der Waals surface area contributed by atoms with E-state index in [0.717, 1.165) is 17.7 Å². The maximum absolute atomic E-state index is 12.5. The van der Waals surface area contributed by atoms with Gasteiger partial charge < -0.3 is 15.2 Å². The average molecular weight is 341 g/mol. The SMILES string of the molecule is O=C(NCC1(C(=O)O)CCOCC1)C1SCCc2sccc21. The number of ether oxygens (including phenoxy) is 1. The molecule has 1 aromatic heterocycles. The summed E-state index contributed by atoms with van der Waals surface area (Å²) in [5.74, 6) is 0.0175. The van der Waals surface area contributed by atoms with Crippen LogP contribution in [0.15, 0.2) is 11.4 Å². The van der Waals surface area contributed by atoms with Gasteiger partial charge in [0.2, 0.25) is 5.91 Å². The molecule has 0 aromatic carbocycles. The Kier molecular flexibility index (Phi) is 4.75. The highest BCUT2D eigenvalue weighted by atomic mass is 32.2. The Morgan fingerprint density at radius 3 is 2.91 bits per heavy atom. The van der Waals surface area contributed by atoms with Crippen molar-refractivity contribution < 1.29 is 19.4 Å². The molecule has 0 radical (unpaired) electrons. The summed E-state index contributed by atoms with van der Waals surface area (Å²) >= 11 is 3.33. The number of thiophene rings is 1. The minimum Gasteiger partial charge on any atom is -0.481 e. The minimum atomic E-state index is -0.884. The second kappa shape index (κ2) is 6.60. The molecular formula is C15H19NO4S2. The van der Waals surface area contributed by atoms with Gasteiger partial charge in [0, 0.05) is 24.6 Å². The largest absolute Gasteiger partial charge is 0.481 e. The van der Waals surface area contributed by atoms with Crippen molar-refractivity contribution in [2.24, 2.45) is 5.41 Å². The van der Waals surface area contributed by atoms with E-state index in [4.69, 9.17) is 4.74 Å². The minimum absolute atomic E-state index is 0.0727. The lowest BCUT2D eigenvalue weighted by Crippen LogP contribution is -2.47. The Labute approximate surface area is 137 Å². The van der Waals surface area contributed by atoms with Crippen LogP contribution in [0.2, 0.25) is 0 Å². The molecule has 0 saturated carbocycles. The summed E-state index contributed by atoms with van der Waals surface area (Å²) in [7, 11) is 0. The maximum Gasteiger partial charge on any atom is 0.311 e. The van der Waals surface area contributed by atoms with Gasteiger partial charge in [-0.2, -0.15) is 0 Å². The lowest BCUT2D eigenvalue weighted by molar-refractivity contribution is -0.154. The molecule has 1 saturated heterocycles.